The number of rotatable bonds is 8. The first kappa shape index (κ1) is 19.2. The number of carbonyl (C=O) groups excluding carboxylic acids is 2. The van der Waals surface area contributed by atoms with Crippen LogP contribution in [0, 0.1) is 5.92 Å². The minimum Gasteiger partial charge on any atom is -0.388 e. The first-order valence-electron chi connectivity index (χ1n) is 9.89. The van der Waals surface area contributed by atoms with E-state index >= 15 is 0 Å². The highest BCUT2D eigenvalue weighted by atomic mass is 16.1. The van der Waals surface area contributed by atoms with E-state index < -0.39 is 0 Å². The van der Waals surface area contributed by atoms with E-state index in [1.54, 1.807) is 25.2 Å². The number of ketones is 2. The van der Waals surface area contributed by atoms with Crippen LogP contribution in [0.15, 0.2) is 36.4 Å². The van der Waals surface area contributed by atoms with Crippen molar-refractivity contribution in [2.75, 3.05) is 24.2 Å². The van der Waals surface area contributed by atoms with Crippen LogP contribution in [0.5, 0.6) is 0 Å². The molecule has 0 saturated carbocycles. The first-order chi connectivity index (χ1) is 13.1. The summed E-state index contributed by atoms with van der Waals surface area (Å²) < 4.78 is 0. The standard InChI is InChI=1S/C23H28N2O2/c1-4-6-9-15(5-2)14-25-19-13-12-18(24-3)20-21(19)23(27)17-11-8-7-10-16(17)22(20)26/h7-8,10-13,15,24-25H,4-6,9,14H2,1-3H3. The molecule has 142 valence electrons. The molecule has 0 aliphatic heterocycles. The van der Waals surface area contributed by atoms with Crippen LogP contribution in [-0.4, -0.2) is 25.2 Å². The van der Waals surface area contributed by atoms with Crippen molar-refractivity contribution in [3.05, 3.63) is 58.7 Å². The van der Waals surface area contributed by atoms with Crippen molar-refractivity contribution in [1.82, 2.24) is 0 Å². The number of unbranched alkanes of at least 4 members (excludes halogenated alkanes) is 1. The normalized spacial score (nSPS) is 13.7. The molecule has 0 aromatic heterocycles. The number of anilines is 2. The Labute approximate surface area is 161 Å². The van der Waals surface area contributed by atoms with Gasteiger partial charge in [0.2, 0.25) is 0 Å². The Balaban J connectivity index is 1.99. The third-order valence-electron chi connectivity index (χ3n) is 5.47. The van der Waals surface area contributed by atoms with E-state index in [2.05, 4.69) is 24.5 Å². The van der Waals surface area contributed by atoms with Crippen LogP contribution in [0.25, 0.3) is 0 Å². The molecule has 1 unspecified atom stereocenters. The van der Waals surface area contributed by atoms with Gasteiger partial charge in [0.1, 0.15) is 0 Å². The summed E-state index contributed by atoms with van der Waals surface area (Å²) >= 11 is 0. The molecule has 0 saturated heterocycles. The maximum absolute atomic E-state index is 13.2. The lowest BCUT2D eigenvalue weighted by Crippen LogP contribution is -2.25. The Hall–Kier alpha value is -2.62. The number of hydrogen-bond donors (Lipinski definition) is 2. The predicted octanol–water partition coefficient (Wildman–Crippen LogP) is 5.13. The summed E-state index contributed by atoms with van der Waals surface area (Å²) in [5, 5.41) is 6.53. The van der Waals surface area contributed by atoms with E-state index in [1.807, 2.05) is 18.2 Å². The molecule has 2 aromatic rings. The van der Waals surface area contributed by atoms with Crippen molar-refractivity contribution < 1.29 is 9.59 Å². The van der Waals surface area contributed by atoms with Gasteiger partial charge in [-0.05, 0) is 24.5 Å². The maximum Gasteiger partial charge on any atom is 0.196 e. The van der Waals surface area contributed by atoms with Gasteiger partial charge in [0.25, 0.3) is 0 Å². The van der Waals surface area contributed by atoms with Crippen molar-refractivity contribution in [2.24, 2.45) is 5.92 Å². The van der Waals surface area contributed by atoms with Gasteiger partial charge in [0, 0.05) is 36.1 Å². The van der Waals surface area contributed by atoms with E-state index in [0.29, 0.717) is 33.9 Å². The minimum absolute atomic E-state index is 0.0820. The van der Waals surface area contributed by atoms with Gasteiger partial charge in [-0.15, -0.1) is 0 Å². The van der Waals surface area contributed by atoms with Crippen molar-refractivity contribution in [2.45, 2.75) is 39.5 Å². The molecular formula is C23H28N2O2. The Kier molecular flexibility index (Phi) is 5.94. The highest BCUT2D eigenvalue weighted by molar-refractivity contribution is 6.31. The van der Waals surface area contributed by atoms with Gasteiger partial charge >= 0.3 is 0 Å². The van der Waals surface area contributed by atoms with E-state index in [0.717, 1.165) is 18.7 Å². The van der Waals surface area contributed by atoms with Gasteiger partial charge in [0.05, 0.1) is 11.1 Å². The molecule has 2 N–H and O–H groups in total. The molecule has 4 nitrogen and oxygen atoms in total. The van der Waals surface area contributed by atoms with Gasteiger partial charge in [-0.1, -0.05) is 57.4 Å². The zero-order valence-electron chi connectivity index (χ0n) is 16.4. The lowest BCUT2D eigenvalue weighted by atomic mass is 9.82. The average molecular weight is 364 g/mol. The number of nitrogens with one attached hydrogen (secondary N) is 2. The van der Waals surface area contributed by atoms with Crippen molar-refractivity contribution in [1.29, 1.82) is 0 Å². The molecule has 0 heterocycles. The molecule has 0 amide bonds. The third kappa shape index (κ3) is 3.61. The number of carbonyl (C=O) groups is 2. The predicted molar refractivity (Wildman–Crippen MR) is 111 cm³/mol. The van der Waals surface area contributed by atoms with Crippen LogP contribution < -0.4 is 10.6 Å². The second-order valence-electron chi connectivity index (χ2n) is 7.16. The molecule has 0 fully saturated rings. The summed E-state index contributed by atoms with van der Waals surface area (Å²) in [7, 11) is 1.78. The fourth-order valence-electron chi connectivity index (χ4n) is 3.78. The Morgan fingerprint density at radius 3 is 2.04 bits per heavy atom. The fourth-order valence-corrected chi connectivity index (χ4v) is 3.78. The number of fused-ring (bicyclic) bond motifs is 2. The Bertz CT molecular complexity index is 857. The van der Waals surface area contributed by atoms with E-state index in [4.69, 9.17) is 0 Å². The van der Waals surface area contributed by atoms with Crippen LogP contribution in [0.3, 0.4) is 0 Å². The lowest BCUT2D eigenvalue weighted by Gasteiger charge is -2.24. The molecule has 3 rings (SSSR count). The molecule has 4 heteroatoms. The van der Waals surface area contributed by atoms with Crippen LogP contribution in [0.4, 0.5) is 11.4 Å². The quantitative estimate of drug-likeness (QED) is 0.581. The van der Waals surface area contributed by atoms with Crippen molar-refractivity contribution >= 4 is 22.9 Å². The fraction of sp³-hybridized carbons (Fsp3) is 0.391. The third-order valence-corrected chi connectivity index (χ3v) is 5.47. The Morgan fingerprint density at radius 1 is 0.889 bits per heavy atom. The molecule has 0 bridgehead atoms. The van der Waals surface area contributed by atoms with Crippen molar-refractivity contribution in [3.63, 3.8) is 0 Å². The summed E-state index contributed by atoms with van der Waals surface area (Å²) in [6, 6.07) is 10.9. The molecule has 1 atom stereocenters. The Morgan fingerprint density at radius 2 is 1.48 bits per heavy atom. The summed E-state index contributed by atoms with van der Waals surface area (Å²) in [6.45, 7) is 5.21. The van der Waals surface area contributed by atoms with Gasteiger partial charge in [-0.25, -0.2) is 0 Å². The van der Waals surface area contributed by atoms with Gasteiger partial charge in [-0.3, -0.25) is 9.59 Å². The van der Waals surface area contributed by atoms with Crippen LogP contribution in [-0.2, 0) is 0 Å². The highest BCUT2D eigenvalue weighted by Crippen LogP contribution is 2.36. The topological polar surface area (TPSA) is 58.2 Å². The van der Waals surface area contributed by atoms with Gasteiger partial charge in [0.15, 0.2) is 11.6 Å². The molecule has 1 aliphatic carbocycles. The van der Waals surface area contributed by atoms with E-state index in [9.17, 15) is 9.59 Å². The largest absolute Gasteiger partial charge is 0.388 e. The zero-order valence-corrected chi connectivity index (χ0v) is 16.4. The number of hydrogen-bond acceptors (Lipinski definition) is 4. The smallest absolute Gasteiger partial charge is 0.196 e. The molecule has 27 heavy (non-hydrogen) atoms. The highest BCUT2D eigenvalue weighted by Gasteiger charge is 2.33. The summed E-state index contributed by atoms with van der Waals surface area (Å²) in [4.78, 5) is 26.3. The summed E-state index contributed by atoms with van der Waals surface area (Å²) in [5.74, 6) is 0.388. The molecular weight excluding hydrogens is 336 g/mol. The minimum atomic E-state index is -0.0915. The van der Waals surface area contributed by atoms with Crippen LogP contribution >= 0.6 is 0 Å². The van der Waals surface area contributed by atoms with E-state index in [1.165, 1.54) is 19.3 Å². The molecule has 2 aromatic carbocycles. The zero-order chi connectivity index (χ0) is 19.4. The summed E-state index contributed by atoms with van der Waals surface area (Å²) in [5.41, 5.74) is 3.40. The average Bonchev–Trinajstić information content (AvgIpc) is 2.71. The summed E-state index contributed by atoms with van der Waals surface area (Å²) in [6.07, 6.45) is 4.67. The van der Waals surface area contributed by atoms with Crippen LogP contribution in [0.2, 0.25) is 0 Å². The van der Waals surface area contributed by atoms with Gasteiger partial charge < -0.3 is 10.6 Å². The molecule has 0 spiro atoms. The number of benzene rings is 2. The SMILES string of the molecule is CCCCC(CC)CNc1ccc(NC)c2c1C(=O)c1ccccc1C2=O. The second kappa shape index (κ2) is 8.38. The van der Waals surface area contributed by atoms with Crippen molar-refractivity contribution in [3.8, 4) is 0 Å². The first-order valence-corrected chi connectivity index (χ1v) is 9.89. The van der Waals surface area contributed by atoms with Gasteiger partial charge in [-0.2, -0.15) is 0 Å². The molecule has 0 radical (unpaired) electrons. The molecule has 1 aliphatic rings. The van der Waals surface area contributed by atoms with E-state index in [-0.39, 0.29) is 11.6 Å². The second-order valence-corrected chi connectivity index (χ2v) is 7.16. The monoisotopic (exact) mass is 364 g/mol. The van der Waals surface area contributed by atoms with Crippen LogP contribution in [0.1, 0.15) is 71.4 Å². The maximum atomic E-state index is 13.2. The lowest BCUT2D eigenvalue weighted by molar-refractivity contribution is 0.0980.